The molecule has 0 radical (unpaired) electrons. The zero-order valence-electron chi connectivity index (χ0n) is 13.4. The highest BCUT2D eigenvalue weighted by Gasteiger charge is 2.40. The summed E-state index contributed by atoms with van der Waals surface area (Å²) in [6.07, 6.45) is 4.06. The third-order valence-corrected chi connectivity index (χ3v) is 5.40. The Kier molecular flexibility index (Phi) is 3.81. The van der Waals surface area contributed by atoms with Gasteiger partial charge in [-0.2, -0.15) is 0 Å². The maximum absolute atomic E-state index is 12.4. The zero-order chi connectivity index (χ0) is 15.0. The average molecular weight is 286 g/mol. The quantitative estimate of drug-likeness (QED) is 0.812. The number of hydrogen-bond acceptors (Lipinski definition) is 2. The van der Waals surface area contributed by atoms with Crippen LogP contribution in [0.5, 0.6) is 5.75 Å². The van der Waals surface area contributed by atoms with Crippen LogP contribution in [0.15, 0.2) is 24.3 Å². The van der Waals surface area contributed by atoms with E-state index in [2.05, 4.69) is 39.0 Å². The molecular formula is C19H26O2. The Morgan fingerprint density at radius 3 is 2.76 bits per heavy atom. The largest absolute Gasteiger partial charge is 0.493 e. The summed E-state index contributed by atoms with van der Waals surface area (Å²) in [5.74, 6) is 2.73. The molecule has 3 atom stereocenters. The molecule has 1 aliphatic carbocycles. The van der Waals surface area contributed by atoms with Gasteiger partial charge in [-0.25, -0.2) is 0 Å². The number of carbonyl (C=O) groups is 1. The summed E-state index contributed by atoms with van der Waals surface area (Å²) in [6.45, 7) is 7.50. The van der Waals surface area contributed by atoms with Crippen LogP contribution < -0.4 is 4.74 Å². The molecule has 21 heavy (non-hydrogen) atoms. The number of rotatable bonds is 3. The van der Waals surface area contributed by atoms with Gasteiger partial charge in [0.05, 0.1) is 6.61 Å². The smallest absolute Gasteiger partial charge is 0.136 e. The molecule has 1 aromatic carbocycles. The van der Waals surface area contributed by atoms with E-state index < -0.39 is 0 Å². The van der Waals surface area contributed by atoms with Gasteiger partial charge in [0.15, 0.2) is 0 Å². The number of ketones is 1. The van der Waals surface area contributed by atoms with Crippen LogP contribution in [0, 0.1) is 17.3 Å². The molecule has 1 aromatic rings. The fourth-order valence-electron chi connectivity index (χ4n) is 4.20. The summed E-state index contributed by atoms with van der Waals surface area (Å²) in [7, 11) is 0. The molecule has 0 saturated heterocycles. The fraction of sp³-hybridized carbons (Fsp3) is 0.632. The van der Waals surface area contributed by atoms with E-state index in [1.807, 2.05) is 6.07 Å². The lowest BCUT2D eigenvalue weighted by atomic mass is 9.65. The highest BCUT2D eigenvalue weighted by Crippen LogP contribution is 2.46. The van der Waals surface area contributed by atoms with Crippen molar-refractivity contribution in [1.82, 2.24) is 0 Å². The minimum Gasteiger partial charge on any atom is -0.493 e. The van der Waals surface area contributed by atoms with E-state index in [9.17, 15) is 4.79 Å². The Morgan fingerprint density at radius 1 is 1.24 bits per heavy atom. The van der Waals surface area contributed by atoms with Gasteiger partial charge in [-0.15, -0.1) is 0 Å². The number of ether oxygens (including phenoxy) is 1. The third kappa shape index (κ3) is 2.86. The van der Waals surface area contributed by atoms with E-state index in [0.717, 1.165) is 31.6 Å². The van der Waals surface area contributed by atoms with Gasteiger partial charge in [0.25, 0.3) is 0 Å². The molecule has 2 aliphatic rings. The second-order valence-electron chi connectivity index (χ2n) is 7.64. The van der Waals surface area contributed by atoms with Crippen LogP contribution in [0.1, 0.15) is 57.9 Å². The Bertz CT molecular complexity index is 532. The van der Waals surface area contributed by atoms with Crippen LogP contribution in [0.2, 0.25) is 0 Å². The molecule has 0 aromatic heterocycles. The molecule has 2 nitrogen and oxygen atoms in total. The van der Waals surface area contributed by atoms with Crippen LogP contribution >= 0.6 is 0 Å². The third-order valence-electron chi connectivity index (χ3n) is 5.40. The molecule has 2 heteroatoms. The first-order valence-electron chi connectivity index (χ1n) is 8.22. The monoisotopic (exact) mass is 286 g/mol. The first-order chi connectivity index (χ1) is 9.97. The Hall–Kier alpha value is -1.31. The van der Waals surface area contributed by atoms with Crippen LogP contribution in [0.3, 0.4) is 0 Å². The van der Waals surface area contributed by atoms with E-state index in [0.29, 0.717) is 17.6 Å². The minimum atomic E-state index is 0.0582. The summed E-state index contributed by atoms with van der Waals surface area (Å²) in [4.78, 5) is 12.4. The Balaban J connectivity index is 1.73. The molecule has 114 valence electrons. The van der Waals surface area contributed by atoms with E-state index in [1.165, 1.54) is 12.0 Å². The molecule has 1 heterocycles. The first-order valence-corrected chi connectivity index (χ1v) is 8.22. The van der Waals surface area contributed by atoms with Crippen molar-refractivity contribution < 1.29 is 9.53 Å². The fourth-order valence-corrected chi connectivity index (χ4v) is 4.20. The van der Waals surface area contributed by atoms with Crippen molar-refractivity contribution in [1.29, 1.82) is 0 Å². The predicted molar refractivity (Wildman–Crippen MR) is 84.6 cm³/mol. The summed E-state index contributed by atoms with van der Waals surface area (Å²) < 4.78 is 5.80. The van der Waals surface area contributed by atoms with E-state index in [-0.39, 0.29) is 11.3 Å². The molecule has 1 fully saturated rings. The van der Waals surface area contributed by atoms with Crippen molar-refractivity contribution in [3.8, 4) is 5.75 Å². The maximum Gasteiger partial charge on any atom is 0.136 e. The molecule has 1 aliphatic heterocycles. The molecular weight excluding hydrogens is 260 g/mol. The van der Waals surface area contributed by atoms with Gasteiger partial charge in [-0.1, -0.05) is 39.0 Å². The van der Waals surface area contributed by atoms with Gasteiger partial charge in [-0.05, 0) is 36.7 Å². The number of benzene rings is 1. The Morgan fingerprint density at radius 2 is 2.00 bits per heavy atom. The van der Waals surface area contributed by atoms with Crippen molar-refractivity contribution >= 4 is 5.78 Å². The number of fused-ring (bicyclic) bond motifs is 1. The average Bonchev–Trinajstić information content (AvgIpc) is 2.81. The van der Waals surface area contributed by atoms with Gasteiger partial charge < -0.3 is 4.74 Å². The van der Waals surface area contributed by atoms with Crippen LogP contribution in [0.25, 0.3) is 0 Å². The van der Waals surface area contributed by atoms with Crippen molar-refractivity contribution in [3.05, 3.63) is 29.8 Å². The maximum atomic E-state index is 12.4. The lowest BCUT2D eigenvalue weighted by Gasteiger charge is -2.38. The standard InChI is InChI=1S/C19H26O2/c1-13-8-9-16(17(20)10-13)19(2,3)11-14-12-21-18-7-5-4-6-15(14)18/h4-7,13-14,16H,8-12H2,1-3H3. The molecule has 3 rings (SSSR count). The van der Waals surface area contributed by atoms with Gasteiger partial charge in [-0.3, -0.25) is 4.79 Å². The van der Waals surface area contributed by atoms with E-state index in [4.69, 9.17) is 4.74 Å². The molecule has 0 N–H and O–H groups in total. The van der Waals surface area contributed by atoms with Gasteiger partial charge in [0.1, 0.15) is 11.5 Å². The number of Topliss-reactive ketones (excluding diaryl/α,β-unsaturated/α-hetero) is 1. The van der Waals surface area contributed by atoms with Crippen LogP contribution in [-0.4, -0.2) is 12.4 Å². The van der Waals surface area contributed by atoms with Gasteiger partial charge in [0, 0.05) is 23.8 Å². The summed E-state index contributed by atoms with van der Waals surface area (Å²) in [5.41, 5.74) is 1.38. The van der Waals surface area contributed by atoms with Crippen molar-refractivity contribution in [2.24, 2.45) is 17.3 Å². The van der Waals surface area contributed by atoms with Crippen molar-refractivity contribution in [2.45, 2.75) is 52.4 Å². The van der Waals surface area contributed by atoms with Crippen molar-refractivity contribution in [2.75, 3.05) is 6.61 Å². The normalized spacial score (nSPS) is 29.1. The summed E-state index contributed by atoms with van der Waals surface area (Å²) in [6, 6.07) is 8.34. The number of para-hydroxylation sites is 1. The number of carbonyl (C=O) groups excluding carboxylic acids is 1. The topological polar surface area (TPSA) is 26.3 Å². The minimum absolute atomic E-state index is 0.0582. The lowest BCUT2D eigenvalue weighted by molar-refractivity contribution is -0.130. The Labute approximate surface area is 127 Å². The first kappa shape index (κ1) is 14.6. The number of hydrogen-bond donors (Lipinski definition) is 0. The van der Waals surface area contributed by atoms with Crippen molar-refractivity contribution in [3.63, 3.8) is 0 Å². The van der Waals surface area contributed by atoms with Crippen LogP contribution in [-0.2, 0) is 4.79 Å². The predicted octanol–water partition coefficient (Wildman–Crippen LogP) is 4.58. The molecule has 0 spiro atoms. The molecule has 1 saturated carbocycles. The highest BCUT2D eigenvalue weighted by molar-refractivity contribution is 5.82. The van der Waals surface area contributed by atoms with Crippen LogP contribution in [0.4, 0.5) is 0 Å². The molecule has 0 bridgehead atoms. The highest BCUT2D eigenvalue weighted by atomic mass is 16.5. The zero-order valence-corrected chi connectivity index (χ0v) is 13.4. The van der Waals surface area contributed by atoms with Gasteiger partial charge in [0.2, 0.25) is 0 Å². The van der Waals surface area contributed by atoms with E-state index in [1.54, 1.807) is 0 Å². The second-order valence-corrected chi connectivity index (χ2v) is 7.64. The lowest BCUT2D eigenvalue weighted by Crippen LogP contribution is -2.36. The summed E-state index contributed by atoms with van der Waals surface area (Å²) in [5, 5.41) is 0. The SMILES string of the molecule is CC1CCC(C(C)(C)CC2COc3ccccc32)C(=O)C1. The van der Waals surface area contributed by atoms with Gasteiger partial charge >= 0.3 is 0 Å². The molecule has 3 unspecified atom stereocenters. The second kappa shape index (κ2) is 5.47. The van der Waals surface area contributed by atoms with E-state index >= 15 is 0 Å². The molecule has 0 amide bonds. The summed E-state index contributed by atoms with van der Waals surface area (Å²) >= 11 is 0.